The molecule has 0 aliphatic heterocycles. The van der Waals surface area contributed by atoms with E-state index in [0.29, 0.717) is 0 Å². The number of hydrogen-bond donors (Lipinski definition) is 0. The summed E-state index contributed by atoms with van der Waals surface area (Å²) < 4.78 is 0. The Morgan fingerprint density at radius 1 is 1.00 bits per heavy atom. The second kappa shape index (κ2) is 7.16. The van der Waals surface area contributed by atoms with Gasteiger partial charge in [-0.05, 0) is 0 Å². The molecule has 0 saturated heterocycles. The van der Waals surface area contributed by atoms with Crippen molar-refractivity contribution < 1.29 is 14.7 Å². The maximum absolute atomic E-state index is 4.97. The average molecular weight is 294 g/mol. The summed E-state index contributed by atoms with van der Waals surface area (Å²) in [5, 5.41) is 0. The molecule has 0 rings (SSSR count). The van der Waals surface area contributed by atoms with Crippen molar-refractivity contribution in [3.8, 4) is 0 Å². The summed E-state index contributed by atoms with van der Waals surface area (Å²) in [6.07, 6.45) is 0. The maximum atomic E-state index is 4.97. The third-order valence-electron chi connectivity index (χ3n) is 0. The van der Waals surface area contributed by atoms with Crippen LogP contribution in [-0.2, 0) is 14.7 Å². The molecule has 0 atom stereocenters. The van der Waals surface area contributed by atoms with Crippen LogP contribution in [0.25, 0.3) is 0 Å². The summed E-state index contributed by atoms with van der Waals surface area (Å²) in [6, 6.07) is 0. The van der Waals surface area contributed by atoms with Gasteiger partial charge in [-0.25, -0.2) is 0 Å². The minimum absolute atomic E-state index is 0. The van der Waals surface area contributed by atoms with Crippen molar-refractivity contribution in [3.63, 3.8) is 0 Å². The second-order valence-electron chi connectivity index (χ2n) is 0.214. The summed E-state index contributed by atoms with van der Waals surface area (Å²) in [7, 11) is 14.9. The number of rotatable bonds is 0. The Morgan fingerprint density at radius 3 is 1.00 bits per heavy atom. The van der Waals surface area contributed by atoms with Gasteiger partial charge in [-0.1, -0.05) is 0 Å². The molecule has 0 bridgehead atoms. The Balaban J connectivity index is 0. The van der Waals surface area contributed by atoms with E-state index in [1.165, 1.54) is 0 Å². The normalized spacial score (nSPS) is 5.40. The monoisotopic (exact) mass is 293 g/mol. The van der Waals surface area contributed by atoms with Crippen molar-refractivity contribution in [1.29, 1.82) is 0 Å². The quantitative estimate of drug-likeness (QED) is 0.588. The fourth-order valence-corrected chi connectivity index (χ4v) is 0. The summed E-state index contributed by atoms with van der Waals surface area (Å²) in [6.45, 7) is 0. The van der Waals surface area contributed by atoms with E-state index < -0.39 is 14.7 Å². The van der Waals surface area contributed by atoms with E-state index in [-0.39, 0.29) is 48.9 Å². The van der Waals surface area contributed by atoms with E-state index in [0.717, 1.165) is 0 Å². The molecule has 0 aliphatic rings. The van der Waals surface area contributed by atoms with Crippen LogP contribution in [0.2, 0.25) is 0 Å². The van der Waals surface area contributed by atoms with Crippen molar-refractivity contribution in [2.75, 3.05) is 0 Å². The van der Waals surface area contributed by atoms with Crippen LogP contribution in [0.15, 0.2) is 0 Å². The molecule has 0 unspecified atom stereocenters. The zero-order valence-electron chi connectivity index (χ0n) is 1.63. The van der Waals surface area contributed by atoms with Gasteiger partial charge >= 0.3 is 91.5 Å². The van der Waals surface area contributed by atoms with E-state index in [9.17, 15) is 0 Å². The molecule has 0 spiro atoms. The molecule has 0 radical (unpaired) electrons. The van der Waals surface area contributed by atoms with Gasteiger partial charge in [-0.15, -0.1) is 0 Å². The molecule has 5 heavy (non-hydrogen) atoms. The van der Waals surface area contributed by atoms with Crippen LogP contribution in [0.3, 0.4) is 0 Å². The Bertz CT molecular complexity index is 11.6. The van der Waals surface area contributed by atoms with Gasteiger partial charge in [0.05, 0.1) is 0 Å². The van der Waals surface area contributed by atoms with E-state index in [2.05, 4.69) is 0 Å². The fraction of sp³-hybridized carbons (Fsp3) is 0. The van der Waals surface area contributed by atoms with Crippen LogP contribution >= 0.6 is 27.9 Å². The van der Waals surface area contributed by atoms with Gasteiger partial charge in [-0.3, -0.25) is 0 Å². The Labute approximate surface area is 89.1 Å². The molecule has 0 aromatic rings. The Kier molecular flexibility index (Phi) is 15.8. The van der Waals surface area contributed by atoms with Crippen molar-refractivity contribution in [1.82, 2.24) is 0 Å². The summed E-state index contributed by atoms with van der Waals surface area (Å²) >= 11 is -1.92. The Morgan fingerprint density at radius 2 is 1.00 bits per heavy atom. The van der Waals surface area contributed by atoms with Gasteiger partial charge < -0.3 is 0 Å². The van der Waals surface area contributed by atoms with Crippen LogP contribution < -0.4 is 0 Å². The topological polar surface area (TPSA) is 0 Å². The minimum atomic E-state index is -1.92. The van der Waals surface area contributed by atoms with Crippen molar-refractivity contribution >= 4 is 76.8 Å². The Hall–Kier alpha value is 3.16. The first-order valence-corrected chi connectivity index (χ1v) is 7.01. The molecule has 0 aliphatic carbocycles. The molecular formula is H2BaCl3Ti. The van der Waals surface area contributed by atoms with E-state index in [1.54, 1.807) is 0 Å². The molecule has 0 nitrogen and oxygen atoms in total. The standard InChI is InChI=1S/Ba.3ClH.Ti.2H/h;3*1H;;;/q;;;;+3;;/p-3. The second-order valence-corrected chi connectivity index (χ2v) is 7.95. The van der Waals surface area contributed by atoms with Crippen molar-refractivity contribution in [3.05, 3.63) is 0 Å². The van der Waals surface area contributed by atoms with Crippen LogP contribution in [0, 0.1) is 0 Å². The van der Waals surface area contributed by atoms with E-state index in [4.69, 9.17) is 27.9 Å². The van der Waals surface area contributed by atoms with E-state index >= 15 is 0 Å². The molecule has 0 heterocycles. The third-order valence-corrected chi connectivity index (χ3v) is 0. The van der Waals surface area contributed by atoms with Gasteiger partial charge in [0, 0.05) is 0 Å². The SMILES string of the molecule is [BaH2].[Cl][Ti]([Cl])[Cl]. The zero-order valence-corrected chi connectivity index (χ0v) is 5.46. The molecule has 5 heteroatoms. The van der Waals surface area contributed by atoms with Crippen molar-refractivity contribution in [2.45, 2.75) is 0 Å². The van der Waals surface area contributed by atoms with Crippen LogP contribution in [0.1, 0.15) is 0 Å². The molecule has 0 N–H and O–H groups in total. The summed E-state index contributed by atoms with van der Waals surface area (Å²) in [5.74, 6) is 0. The molecular weight excluding hydrogens is 292 g/mol. The zero-order chi connectivity index (χ0) is 3.58. The van der Waals surface area contributed by atoms with Gasteiger partial charge in [0.15, 0.2) is 0 Å². The van der Waals surface area contributed by atoms with Crippen molar-refractivity contribution in [2.24, 2.45) is 0 Å². The number of halogens is 3. The average Bonchev–Trinajstić information content (AvgIpc) is 0.811. The summed E-state index contributed by atoms with van der Waals surface area (Å²) in [5.41, 5.74) is 0. The van der Waals surface area contributed by atoms with Gasteiger partial charge in [-0.2, -0.15) is 0 Å². The third kappa shape index (κ3) is 19.1. The van der Waals surface area contributed by atoms with Crippen LogP contribution in [0.5, 0.6) is 0 Å². The predicted molar refractivity (Wildman–Crippen MR) is 26.1 cm³/mol. The first kappa shape index (κ1) is 11.0. The van der Waals surface area contributed by atoms with Gasteiger partial charge in [0.1, 0.15) is 0 Å². The molecule has 0 aromatic heterocycles. The van der Waals surface area contributed by atoms with Gasteiger partial charge in [0.2, 0.25) is 0 Å². The van der Waals surface area contributed by atoms with Crippen LogP contribution in [-0.4, -0.2) is 48.9 Å². The van der Waals surface area contributed by atoms with Gasteiger partial charge in [0.25, 0.3) is 0 Å². The predicted octanol–water partition coefficient (Wildman–Crippen LogP) is 1.15. The fourth-order valence-electron chi connectivity index (χ4n) is 0. The molecule has 0 aromatic carbocycles. The first-order valence-electron chi connectivity index (χ1n) is 0.567. The first-order chi connectivity index (χ1) is 1.73. The molecule has 0 saturated carbocycles. The molecule has 0 amide bonds. The molecule has 0 fully saturated rings. The van der Waals surface area contributed by atoms with E-state index in [1.807, 2.05) is 0 Å². The molecule has 29 valence electrons. The van der Waals surface area contributed by atoms with Crippen LogP contribution in [0.4, 0.5) is 0 Å². The number of hydrogen-bond acceptors (Lipinski definition) is 0. The summed E-state index contributed by atoms with van der Waals surface area (Å²) in [4.78, 5) is 0.